The summed E-state index contributed by atoms with van der Waals surface area (Å²) in [6.07, 6.45) is 0. The molecule has 0 amide bonds. The number of hydrogen-bond acceptors (Lipinski definition) is 6. The largest absolute Gasteiger partial charge is 0.481 e. The van der Waals surface area contributed by atoms with Crippen molar-refractivity contribution in [1.29, 1.82) is 0 Å². The Labute approximate surface area is 128 Å². The molecule has 1 aromatic rings. The average molecular weight is 314 g/mol. The molecule has 1 N–H and O–H groups in total. The molecule has 0 aromatic carbocycles. The molecule has 0 atom stereocenters. The summed E-state index contributed by atoms with van der Waals surface area (Å²) in [4.78, 5) is 12.9. The van der Waals surface area contributed by atoms with E-state index in [4.69, 9.17) is 9.84 Å². The maximum atomic E-state index is 10.8. The van der Waals surface area contributed by atoms with E-state index in [1.165, 1.54) is 11.8 Å². The second-order valence-electron chi connectivity index (χ2n) is 5.95. The number of thioether (sulfide) groups is 1. The van der Waals surface area contributed by atoms with Gasteiger partial charge in [0.2, 0.25) is 5.95 Å². The SMILES string of the molecule is CC(C)n1c(SCC(=O)O)nnc1N1CCOCC1(C)C. The Bertz CT molecular complexity index is 516. The normalized spacial score (nSPS) is 18.2. The Balaban J connectivity index is 2.32. The molecule has 0 aliphatic carbocycles. The molecule has 0 radical (unpaired) electrons. The minimum atomic E-state index is -0.855. The quantitative estimate of drug-likeness (QED) is 0.828. The number of ether oxygens (including phenoxy) is 1. The summed E-state index contributed by atoms with van der Waals surface area (Å²) in [5.74, 6) is -0.0880. The van der Waals surface area contributed by atoms with Gasteiger partial charge in [0.15, 0.2) is 5.16 Å². The van der Waals surface area contributed by atoms with Crippen molar-refractivity contribution >= 4 is 23.7 Å². The lowest BCUT2D eigenvalue weighted by atomic mass is 10.0. The summed E-state index contributed by atoms with van der Waals surface area (Å²) >= 11 is 1.20. The summed E-state index contributed by atoms with van der Waals surface area (Å²) < 4.78 is 7.54. The molecule has 0 spiro atoms. The van der Waals surface area contributed by atoms with Crippen LogP contribution in [0.1, 0.15) is 33.7 Å². The molecule has 21 heavy (non-hydrogen) atoms. The maximum Gasteiger partial charge on any atom is 0.313 e. The van der Waals surface area contributed by atoms with Crippen LogP contribution in [0, 0.1) is 0 Å². The monoisotopic (exact) mass is 314 g/mol. The van der Waals surface area contributed by atoms with E-state index in [1.54, 1.807) is 0 Å². The standard InChI is InChI=1S/C13H22N4O3S/c1-9(2)17-11(14-15-12(17)21-7-10(18)19)16-5-6-20-8-13(16,3)4/h9H,5-8H2,1-4H3,(H,18,19). The Morgan fingerprint density at radius 2 is 2.19 bits per heavy atom. The maximum absolute atomic E-state index is 10.8. The molecular weight excluding hydrogens is 292 g/mol. The lowest BCUT2D eigenvalue weighted by Crippen LogP contribution is -2.54. The number of carboxylic acids is 1. The molecule has 1 fully saturated rings. The fraction of sp³-hybridized carbons (Fsp3) is 0.769. The third kappa shape index (κ3) is 3.49. The molecular formula is C13H22N4O3S. The van der Waals surface area contributed by atoms with E-state index in [0.717, 1.165) is 12.5 Å². The van der Waals surface area contributed by atoms with Crippen LogP contribution in [-0.2, 0) is 9.53 Å². The summed E-state index contributed by atoms with van der Waals surface area (Å²) in [6, 6.07) is 0.157. The van der Waals surface area contributed by atoms with Crippen LogP contribution in [0.4, 0.5) is 5.95 Å². The van der Waals surface area contributed by atoms with Crippen LogP contribution in [0.5, 0.6) is 0 Å². The zero-order valence-corrected chi connectivity index (χ0v) is 13.7. The average Bonchev–Trinajstić information content (AvgIpc) is 2.79. The minimum Gasteiger partial charge on any atom is -0.481 e. The van der Waals surface area contributed by atoms with Gasteiger partial charge in [-0.1, -0.05) is 11.8 Å². The van der Waals surface area contributed by atoms with Crippen molar-refractivity contribution < 1.29 is 14.6 Å². The molecule has 1 saturated heterocycles. The Hall–Kier alpha value is -1.28. The summed E-state index contributed by atoms with van der Waals surface area (Å²) in [5.41, 5.74) is -0.160. The topological polar surface area (TPSA) is 80.5 Å². The third-order valence-electron chi connectivity index (χ3n) is 3.37. The van der Waals surface area contributed by atoms with E-state index in [1.807, 2.05) is 18.4 Å². The highest BCUT2D eigenvalue weighted by Crippen LogP contribution is 2.31. The van der Waals surface area contributed by atoms with Gasteiger partial charge in [-0.05, 0) is 27.7 Å². The fourth-order valence-electron chi connectivity index (χ4n) is 2.36. The highest BCUT2D eigenvalue weighted by molar-refractivity contribution is 7.99. The molecule has 1 aliphatic rings. The molecule has 7 nitrogen and oxygen atoms in total. The first-order valence-electron chi connectivity index (χ1n) is 6.98. The second-order valence-corrected chi connectivity index (χ2v) is 6.89. The molecule has 2 rings (SSSR count). The number of aliphatic carboxylic acids is 1. The van der Waals surface area contributed by atoms with Crippen molar-refractivity contribution in [3.05, 3.63) is 0 Å². The van der Waals surface area contributed by atoms with Gasteiger partial charge in [0, 0.05) is 12.6 Å². The first kappa shape index (κ1) is 16.1. The zero-order valence-electron chi connectivity index (χ0n) is 12.9. The number of carboxylic acid groups (broad SMARTS) is 1. The van der Waals surface area contributed by atoms with E-state index in [-0.39, 0.29) is 17.3 Å². The van der Waals surface area contributed by atoms with E-state index >= 15 is 0 Å². The van der Waals surface area contributed by atoms with E-state index in [9.17, 15) is 4.79 Å². The molecule has 1 aromatic heterocycles. The minimum absolute atomic E-state index is 0.0165. The number of carbonyl (C=O) groups is 1. The van der Waals surface area contributed by atoms with Crippen LogP contribution in [0.2, 0.25) is 0 Å². The number of hydrogen-bond donors (Lipinski definition) is 1. The molecule has 0 bridgehead atoms. The molecule has 0 unspecified atom stereocenters. The van der Waals surface area contributed by atoms with Gasteiger partial charge < -0.3 is 14.7 Å². The van der Waals surface area contributed by atoms with Crippen molar-refractivity contribution in [2.24, 2.45) is 0 Å². The van der Waals surface area contributed by atoms with Crippen molar-refractivity contribution in [3.63, 3.8) is 0 Å². The molecule has 118 valence electrons. The van der Waals surface area contributed by atoms with Gasteiger partial charge in [-0.15, -0.1) is 10.2 Å². The lowest BCUT2D eigenvalue weighted by molar-refractivity contribution is -0.133. The smallest absolute Gasteiger partial charge is 0.313 e. The molecule has 0 saturated carbocycles. The predicted octanol–water partition coefficient (Wildman–Crippen LogP) is 1.65. The summed E-state index contributed by atoms with van der Waals surface area (Å²) in [6.45, 7) is 10.4. The number of anilines is 1. The molecule has 8 heteroatoms. The number of aromatic nitrogens is 3. The zero-order chi connectivity index (χ0) is 15.6. The van der Waals surface area contributed by atoms with Gasteiger partial charge in [-0.25, -0.2) is 0 Å². The van der Waals surface area contributed by atoms with Gasteiger partial charge in [-0.3, -0.25) is 9.36 Å². The summed E-state index contributed by atoms with van der Waals surface area (Å²) in [7, 11) is 0. The van der Waals surface area contributed by atoms with E-state index in [0.29, 0.717) is 18.4 Å². The number of rotatable bonds is 5. The van der Waals surface area contributed by atoms with Crippen LogP contribution >= 0.6 is 11.8 Å². The van der Waals surface area contributed by atoms with E-state index in [2.05, 4.69) is 28.9 Å². The second kappa shape index (κ2) is 6.23. The Morgan fingerprint density at radius 1 is 1.48 bits per heavy atom. The van der Waals surface area contributed by atoms with Gasteiger partial charge >= 0.3 is 5.97 Å². The van der Waals surface area contributed by atoms with Gasteiger partial charge in [0.1, 0.15) is 0 Å². The van der Waals surface area contributed by atoms with Gasteiger partial charge in [0.05, 0.1) is 24.5 Å². The Morgan fingerprint density at radius 3 is 2.76 bits per heavy atom. The highest BCUT2D eigenvalue weighted by Gasteiger charge is 2.34. The lowest BCUT2D eigenvalue weighted by Gasteiger charge is -2.42. The summed E-state index contributed by atoms with van der Waals surface area (Å²) in [5, 5.41) is 18.0. The number of nitrogens with zero attached hydrogens (tertiary/aromatic N) is 4. The first-order chi connectivity index (χ1) is 9.83. The van der Waals surface area contributed by atoms with Crippen LogP contribution < -0.4 is 4.90 Å². The van der Waals surface area contributed by atoms with Crippen LogP contribution in [-0.4, -0.2) is 56.9 Å². The molecule has 1 aliphatic heterocycles. The van der Waals surface area contributed by atoms with Crippen molar-refractivity contribution in [1.82, 2.24) is 14.8 Å². The predicted molar refractivity (Wildman–Crippen MR) is 81.0 cm³/mol. The van der Waals surface area contributed by atoms with Gasteiger partial charge in [-0.2, -0.15) is 0 Å². The van der Waals surface area contributed by atoms with Crippen molar-refractivity contribution in [2.75, 3.05) is 30.4 Å². The van der Waals surface area contributed by atoms with Crippen LogP contribution in [0.25, 0.3) is 0 Å². The van der Waals surface area contributed by atoms with Crippen LogP contribution in [0.15, 0.2) is 5.16 Å². The van der Waals surface area contributed by atoms with Crippen molar-refractivity contribution in [2.45, 2.75) is 44.4 Å². The highest BCUT2D eigenvalue weighted by atomic mass is 32.2. The first-order valence-corrected chi connectivity index (χ1v) is 7.96. The van der Waals surface area contributed by atoms with Crippen LogP contribution in [0.3, 0.4) is 0 Å². The van der Waals surface area contributed by atoms with Crippen molar-refractivity contribution in [3.8, 4) is 0 Å². The molecule has 2 heterocycles. The van der Waals surface area contributed by atoms with E-state index < -0.39 is 5.97 Å². The third-order valence-corrected chi connectivity index (χ3v) is 4.30. The number of morpholine rings is 1. The van der Waals surface area contributed by atoms with Gasteiger partial charge in [0.25, 0.3) is 0 Å². The fourth-order valence-corrected chi connectivity index (χ4v) is 3.14. The Kier molecular flexibility index (Phi) is 4.77.